The molecule has 158 valence electrons. The highest BCUT2D eigenvalue weighted by Gasteiger charge is 2.20. The van der Waals surface area contributed by atoms with Crippen LogP contribution in [-0.4, -0.2) is 37.5 Å². The van der Waals surface area contributed by atoms with Crippen LogP contribution in [0.3, 0.4) is 0 Å². The number of aromatic amines is 2. The van der Waals surface area contributed by atoms with Crippen molar-refractivity contribution in [3.8, 4) is 0 Å². The summed E-state index contributed by atoms with van der Waals surface area (Å²) in [5.41, 5.74) is -0.580. The number of amides is 1. The molecule has 3 rings (SSSR count). The number of fused-ring (bicyclic) bond motifs is 1. The molecular formula is C18H17Cl2N5O5. The van der Waals surface area contributed by atoms with Crippen molar-refractivity contribution in [3.05, 3.63) is 54.9 Å². The molecule has 0 unspecified atom stereocenters. The van der Waals surface area contributed by atoms with E-state index in [0.717, 1.165) is 0 Å². The number of aryl methyl sites for hydroxylation is 2. The third kappa shape index (κ3) is 4.71. The molecule has 0 fully saturated rings. The summed E-state index contributed by atoms with van der Waals surface area (Å²) < 4.78 is 6.31. The molecule has 10 nitrogen and oxygen atoms in total. The van der Waals surface area contributed by atoms with Crippen LogP contribution in [0.2, 0.25) is 10.0 Å². The molecule has 0 saturated carbocycles. The topological polar surface area (TPSA) is 139 Å². The second-order valence-corrected chi connectivity index (χ2v) is 7.29. The van der Waals surface area contributed by atoms with E-state index in [4.69, 9.17) is 27.9 Å². The number of ether oxygens (including phenoxy) is 1. The zero-order valence-electron chi connectivity index (χ0n) is 15.9. The number of anilines is 1. The van der Waals surface area contributed by atoms with Gasteiger partial charge in [-0.15, -0.1) is 0 Å². The van der Waals surface area contributed by atoms with Gasteiger partial charge >= 0.3 is 11.7 Å². The van der Waals surface area contributed by atoms with Gasteiger partial charge in [0.25, 0.3) is 11.5 Å². The summed E-state index contributed by atoms with van der Waals surface area (Å²) >= 11 is 11.9. The van der Waals surface area contributed by atoms with Gasteiger partial charge < -0.3 is 15.0 Å². The van der Waals surface area contributed by atoms with Gasteiger partial charge in [-0.05, 0) is 25.1 Å². The summed E-state index contributed by atoms with van der Waals surface area (Å²) in [6.07, 6.45) is -1.05. The van der Waals surface area contributed by atoms with Gasteiger partial charge in [0, 0.05) is 18.5 Å². The van der Waals surface area contributed by atoms with Crippen LogP contribution in [0.4, 0.5) is 5.69 Å². The van der Waals surface area contributed by atoms with Gasteiger partial charge in [-0.1, -0.05) is 23.2 Å². The average Bonchev–Trinajstić information content (AvgIpc) is 3.12. The molecule has 2 heterocycles. The van der Waals surface area contributed by atoms with Crippen LogP contribution in [-0.2, 0) is 27.8 Å². The molecule has 0 bridgehead atoms. The number of hydrogen-bond donors (Lipinski definition) is 3. The highest BCUT2D eigenvalue weighted by Crippen LogP contribution is 2.25. The summed E-state index contributed by atoms with van der Waals surface area (Å²) in [5, 5.41) is 3.23. The molecule has 0 aliphatic rings. The quantitative estimate of drug-likeness (QED) is 0.485. The smallest absolute Gasteiger partial charge is 0.329 e. The third-order valence-electron chi connectivity index (χ3n) is 4.23. The van der Waals surface area contributed by atoms with E-state index in [1.165, 1.54) is 30.7 Å². The number of benzene rings is 1. The van der Waals surface area contributed by atoms with Crippen molar-refractivity contribution in [1.29, 1.82) is 0 Å². The van der Waals surface area contributed by atoms with E-state index in [1.54, 1.807) is 6.07 Å². The first-order valence-corrected chi connectivity index (χ1v) is 9.54. The Balaban J connectivity index is 1.59. The Hall–Kier alpha value is -3.11. The van der Waals surface area contributed by atoms with Gasteiger partial charge in [0.15, 0.2) is 11.8 Å². The van der Waals surface area contributed by atoms with Crippen molar-refractivity contribution in [2.45, 2.75) is 25.9 Å². The number of carbonyl (C=O) groups excluding carboxylic acids is 2. The number of hydrogen-bond acceptors (Lipinski definition) is 6. The van der Waals surface area contributed by atoms with Crippen molar-refractivity contribution in [3.63, 3.8) is 0 Å². The standard InChI is InChI=1S/C18H17Cl2N5O5/c1-8(16(27)21-11-7-9(19)3-4-10(11)20)30-13(26)6-5-12-22-14-15(23-12)25(2)18(29)24-17(14)28/h3-4,7-8H,5-6H2,1-2H3,(H,21,27)(H,22,23)(H,24,28,29)/t8-/m0/s1. The molecule has 12 heteroatoms. The van der Waals surface area contributed by atoms with Crippen molar-refractivity contribution in [1.82, 2.24) is 19.5 Å². The Morgan fingerprint density at radius 2 is 2.00 bits per heavy atom. The maximum absolute atomic E-state index is 12.2. The fraction of sp³-hybridized carbons (Fsp3) is 0.278. The fourth-order valence-corrected chi connectivity index (χ4v) is 2.97. The minimum Gasteiger partial charge on any atom is -0.453 e. The number of aromatic nitrogens is 4. The summed E-state index contributed by atoms with van der Waals surface area (Å²) in [4.78, 5) is 56.9. The molecule has 1 aromatic carbocycles. The molecule has 1 atom stereocenters. The van der Waals surface area contributed by atoms with Crippen molar-refractivity contribution in [2.75, 3.05) is 5.32 Å². The lowest BCUT2D eigenvalue weighted by Crippen LogP contribution is -2.30. The van der Waals surface area contributed by atoms with E-state index in [9.17, 15) is 19.2 Å². The number of carbonyl (C=O) groups is 2. The lowest BCUT2D eigenvalue weighted by molar-refractivity contribution is -0.153. The van der Waals surface area contributed by atoms with Gasteiger partial charge in [-0.2, -0.15) is 0 Å². The number of nitrogens with zero attached hydrogens (tertiary/aromatic N) is 2. The van der Waals surface area contributed by atoms with Crippen LogP contribution in [0.1, 0.15) is 19.2 Å². The minimum atomic E-state index is -1.08. The van der Waals surface area contributed by atoms with E-state index < -0.39 is 29.2 Å². The molecular weight excluding hydrogens is 437 g/mol. The predicted molar refractivity (Wildman–Crippen MR) is 111 cm³/mol. The normalized spacial score (nSPS) is 12.0. The molecule has 0 radical (unpaired) electrons. The summed E-state index contributed by atoms with van der Waals surface area (Å²) in [7, 11) is 1.46. The Kier molecular flexibility index (Phi) is 6.28. The number of esters is 1. The molecule has 0 saturated heterocycles. The van der Waals surface area contributed by atoms with Crippen LogP contribution < -0.4 is 16.6 Å². The third-order valence-corrected chi connectivity index (χ3v) is 4.80. The Labute approximate surface area is 179 Å². The van der Waals surface area contributed by atoms with Gasteiger partial charge in [0.05, 0.1) is 17.1 Å². The SMILES string of the molecule is C[C@H](OC(=O)CCc1nc2c([nH]1)c(=O)[nH]c(=O)n2C)C(=O)Nc1cc(Cl)ccc1Cl. The molecule has 2 aromatic heterocycles. The number of rotatable bonds is 6. The van der Waals surface area contributed by atoms with Crippen LogP contribution in [0.15, 0.2) is 27.8 Å². The minimum absolute atomic E-state index is 0.0960. The first-order valence-electron chi connectivity index (χ1n) is 8.79. The molecule has 0 spiro atoms. The van der Waals surface area contributed by atoms with Crippen LogP contribution >= 0.6 is 23.2 Å². The number of halogens is 2. The first kappa shape index (κ1) is 21.6. The summed E-state index contributed by atoms with van der Waals surface area (Å²) in [6, 6.07) is 4.59. The van der Waals surface area contributed by atoms with Crippen molar-refractivity contribution >= 4 is 51.9 Å². The van der Waals surface area contributed by atoms with Crippen LogP contribution in [0.25, 0.3) is 11.2 Å². The average molecular weight is 454 g/mol. The lowest BCUT2D eigenvalue weighted by atomic mass is 10.3. The zero-order chi connectivity index (χ0) is 22.0. The maximum Gasteiger partial charge on any atom is 0.329 e. The summed E-state index contributed by atoms with van der Waals surface area (Å²) in [6.45, 7) is 1.42. The second kappa shape index (κ2) is 8.72. The first-order chi connectivity index (χ1) is 14.2. The largest absolute Gasteiger partial charge is 0.453 e. The fourth-order valence-electron chi connectivity index (χ4n) is 2.63. The van der Waals surface area contributed by atoms with E-state index in [0.29, 0.717) is 21.6 Å². The molecule has 3 N–H and O–H groups in total. The van der Waals surface area contributed by atoms with E-state index in [2.05, 4.69) is 20.3 Å². The molecule has 3 aromatic rings. The number of nitrogens with one attached hydrogen (secondary N) is 3. The number of H-pyrrole nitrogens is 2. The predicted octanol–water partition coefficient (Wildman–Crippen LogP) is 1.76. The molecule has 0 aliphatic carbocycles. The lowest BCUT2D eigenvalue weighted by Gasteiger charge is -2.14. The molecule has 0 aliphatic heterocycles. The van der Waals surface area contributed by atoms with E-state index in [-0.39, 0.29) is 24.0 Å². The van der Waals surface area contributed by atoms with Crippen LogP contribution in [0.5, 0.6) is 0 Å². The van der Waals surface area contributed by atoms with Gasteiger partial charge in [0.1, 0.15) is 11.3 Å². The van der Waals surface area contributed by atoms with Gasteiger partial charge in [-0.25, -0.2) is 9.78 Å². The molecule has 1 amide bonds. The highest BCUT2D eigenvalue weighted by atomic mass is 35.5. The van der Waals surface area contributed by atoms with E-state index in [1.807, 2.05) is 0 Å². The van der Waals surface area contributed by atoms with Gasteiger partial charge in [-0.3, -0.25) is 23.9 Å². The Morgan fingerprint density at radius 1 is 1.27 bits per heavy atom. The maximum atomic E-state index is 12.2. The van der Waals surface area contributed by atoms with E-state index >= 15 is 0 Å². The van der Waals surface area contributed by atoms with Gasteiger partial charge in [0.2, 0.25) is 0 Å². The highest BCUT2D eigenvalue weighted by molar-refractivity contribution is 6.35. The van der Waals surface area contributed by atoms with Crippen molar-refractivity contribution in [2.24, 2.45) is 7.05 Å². The monoisotopic (exact) mass is 453 g/mol. The summed E-state index contributed by atoms with van der Waals surface area (Å²) in [5.74, 6) is -0.882. The zero-order valence-corrected chi connectivity index (χ0v) is 17.4. The second-order valence-electron chi connectivity index (χ2n) is 6.45. The number of imidazole rings is 1. The van der Waals surface area contributed by atoms with Crippen LogP contribution in [0, 0.1) is 0 Å². The Morgan fingerprint density at radius 3 is 2.73 bits per heavy atom. The molecule has 30 heavy (non-hydrogen) atoms. The van der Waals surface area contributed by atoms with Crippen molar-refractivity contribution < 1.29 is 14.3 Å². The Bertz CT molecular complexity index is 1250.